The first-order valence-electron chi connectivity index (χ1n) is 6.31. The average Bonchev–Trinajstić information content (AvgIpc) is 2.90. The summed E-state index contributed by atoms with van der Waals surface area (Å²) in [6.45, 7) is 0.858. The van der Waals surface area contributed by atoms with Crippen molar-refractivity contribution in [2.45, 2.75) is 6.54 Å². The van der Waals surface area contributed by atoms with E-state index in [1.807, 2.05) is 53.2 Å². The topological polar surface area (TPSA) is 39.9 Å². The van der Waals surface area contributed by atoms with Crippen molar-refractivity contribution in [2.75, 3.05) is 6.61 Å². The number of rotatable bonds is 4. The van der Waals surface area contributed by atoms with Crippen LogP contribution in [0.3, 0.4) is 0 Å². The molecule has 0 aliphatic rings. The first kappa shape index (κ1) is 12.2. The fourth-order valence-electron chi connectivity index (χ4n) is 2.09. The molecule has 98 valence electrons. The van der Waals surface area contributed by atoms with E-state index in [4.69, 9.17) is 11.2 Å². The minimum Gasteiger partial charge on any atom is -0.481 e. The SMILES string of the molecule is C#CCOc1ccccc1Cn1nnc2ccccc21. The third kappa shape index (κ3) is 2.34. The number of benzene rings is 2. The number of ether oxygens (including phenoxy) is 1. The molecule has 0 amide bonds. The van der Waals surface area contributed by atoms with Crippen LogP contribution in [-0.4, -0.2) is 21.6 Å². The van der Waals surface area contributed by atoms with Gasteiger partial charge in [-0.3, -0.25) is 0 Å². The number of terminal acetylenes is 1. The van der Waals surface area contributed by atoms with Crippen molar-refractivity contribution < 1.29 is 4.74 Å². The van der Waals surface area contributed by atoms with Crippen LogP contribution in [0.2, 0.25) is 0 Å². The highest BCUT2D eigenvalue weighted by atomic mass is 16.5. The lowest BCUT2D eigenvalue weighted by molar-refractivity contribution is 0.364. The molecule has 0 radical (unpaired) electrons. The molecule has 0 N–H and O–H groups in total. The molecule has 0 fully saturated rings. The Bertz CT molecular complexity index is 770. The number of aromatic nitrogens is 3. The smallest absolute Gasteiger partial charge is 0.148 e. The quantitative estimate of drug-likeness (QED) is 0.679. The number of hydrogen-bond acceptors (Lipinski definition) is 3. The standard InChI is InChI=1S/C16H13N3O/c1-2-11-20-16-10-6-3-7-13(16)12-19-15-9-5-4-8-14(15)17-18-19/h1,3-10H,11-12H2. The van der Waals surface area contributed by atoms with E-state index in [1.54, 1.807) is 0 Å². The third-order valence-corrected chi connectivity index (χ3v) is 3.02. The first-order valence-corrected chi connectivity index (χ1v) is 6.31. The van der Waals surface area contributed by atoms with Crippen LogP contribution in [0.5, 0.6) is 5.75 Å². The van der Waals surface area contributed by atoms with Gasteiger partial charge < -0.3 is 4.74 Å². The molecule has 1 aromatic heterocycles. The van der Waals surface area contributed by atoms with E-state index in [2.05, 4.69) is 16.2 Å². The van der Waals surface area contributed by atoms with Crippen molar-refractivity contribution in [2.24, 2.45) is 0 Å². The van der Waals surface area contributed by atoms with E-state index in [0.29, 0.717) is 6.54 Å². The maximum Gasteiger partial charge on any atom is 0.148 e. The van der Waals surface area contributed by atoms with Crippen LogP contribution in [0.1, 0.15) is 5.56 Å². The van der Waals surface area contributed by atoms with Crippen molar-refractivity contribution in [3.63, 3.8) is 0 Å². The number of fused-ring (bicyclic) bond motifs is 1. The molecular formula is C16H13N3O. The van der Waals surface area contributed by atoms with E-state index >= 15 is 0 Å². The minimum atomic E-state index is 0.259. The van der Waals surface area contributed by atoms with Gasteiger partial charge in [0.2, 0.25) is 0 Å². The van der Waals surface area contributed by atoms with Gasteiger partial charge in [-0.05, 0) is 18.2 Å². The molecule has 20 heavy (non-hydrogen) atoms. The average molecular weight is 263 g/mol. The van der Waals surface area contributed by atoms with E-state index in [1.165, 1.54) is 0 Å². The van der Waals surface area contributed by atoms with Crippen LogP contribution in [0.25, 0.3) is 11.0 Å². The summed E-state index contributed by atoms with van der Waals surface area (Å²) in [6.07, 6.45) is 5.23. The summed E-state index contributed by atoms with van der Waals surface area (Å²) in [5, 5.41) is 8.33. The van der Waals surface area contributed by atoms with Gasteiger partial charge in [0.05, 0.1) is 12.1 Å². The molecule has 0 aliphatic heterocycles. The Labute approximate surface area is 117 Å². The number of nitrogens with zero attached hydrogens (tertiary/aromatic N) is 3. The van der Waals surface area contributed by atoms with E-state index in [0.717, 1.165) is 22.3 Å². The fourth-order valence-corrected chi connectivity index (χ4v) is 2.09. The Morgan fingerprint density at radius 1 is 1.10 bits per heavy atom. The molecule has 4 heteroatoms. The van der Waals surface area contributed by atoms with Crippen LogP contribution < -0.4 is 4.74 Å². The Morgan fingerprint density at radius 3 is 2.80 bits per heavy atom. The van der Waals surface area contributed by atoms with Gasteiger partial charge in [0, 0.05) is 5.56 Å². The highest BCUT2D eigenvalue weighted by Gasteiger charge is 2.07. The van der Waals surface area contributed by atoms with Crippen molar-refractivity contribution in [3.8, 4) is 18.1 Å². The van der Waals surface area contributed by atoms with Gasteiger partial charge >= 0.3 is 0 Å². The van der Waals surface area contributed by atoms with Crippen LogP contribution in [0.4, 0.5) is 0 Å². The largest absolute Gasteiger partial charge is 0.481 e. The summed E-state index contributed by atoms with van der Waals surface area (Å²) >= 11 is 0. The predicted octanol–water partition coefficient (Wildman–Crippen LogP) is 2.49. The number of para-hydroxylation sites is 2. The zero-order valence-corrected chi connectivity index (χ0v) is 10.9. The summed E-state index contributed by atoms with van der Waals surface area (Å²) < 4.78 is 7.40. The van der Waals surface area contributed by atoms with E-state index in [-0.39, 0.29) is 6.61 Å². The molecule has 0 bridgehead atoms. The molecule has 0 unspecified atom stereocenters. The normalized spacial score (nSPS) is 10.3. The maximum absolute atomic E-state index is 5.55. The van der Waals surface area contributed by atoms with Gasteiger partial charge in [0.15, 0.2) is 0 Å². The lowest BCUT2D eigenvalue weighted by Crippen LogP contribution is -2.05. The lowest BCUT2D eigenvalue weighted by atomic mass is 10.2. The minimum absolute atomic E-state index is 0.259. The lowest BCUT2D eigenvalue weighted by Gasteiger charge is -2.09. The maximum atomic E-state index is 5.55. The summed E-state index contributed by atoms with van der Waals surface area (Å²) in [4.78, 5) is 0. The molecule has 0 saturated heterocycles. The highest BCUT2D eigenvalue weighted by molar-refractivity contribution is 5.73. The fraction of sp³-hybridized carbons (Fsp3) is 0.125. The molecule has 2 aromatic carbocycles. The Kier molecular flexibility index (Phi) is 3.34. The van der Waals surface area contributed by atoms with Gasteiger partial charge in [-0.1, -0.05) is 41.5 Å². The second kappa shape index (κ2) is 5.45. The van der Waals surface area contributed by atoms with Gasteiger partial charge in [-0.25, -0.2) is 4.68 Å². The molecule has 1 heterocycles. The van der Waals surface area contributed by atoms with Crippen molar-refractivity contribution >= 4 is 11.0 Å². The molecule has 0 saturated carbocycles. The van der Waals surface area contributed by atoms with Gasteiger partial charge in [0.25, 0.3) is 0 Å². The highest BCUT2D eigenvalue weighted by Crippen LogP contribution is 2.20. The molecular weight excluding hydrogens is 250 g/mol. The Balaban J connectivity index is 1.93. The monoisotopic (exact) mass is 263 g/mol. The van der Waals surface area contributed by atoms with E-state index < -0.39 is 0 Å². The van der Waals surface area contributed by atoms with Crippen molar-refractivity contribution in [1.29, 1.82) is 0 Å². The summed E-state index contributed by atoms with van der Waals surface area (Å²) in [6, 6.07) is 15.7. The van der Waals surface area contributed by atoms with Crippen LogP contribution >= 0.6 is 0 Å². The van der Waals surface area contributed by atoms with Crippen LogP contribution in [-0.2, 0) is 6.54 Å². The number of hydrogen-bond donors (Lipinski definition) is 0. The Morgan fingerprint density at radius 2 is 1.90 bits per heavy atom. The summed E-state index contributed by atoms with van der Waals surface area (Å²) in [5.41, 5.74) is 2.91. The molecule has 3 aromatic rings. The zero-order valence-electron chi connectivity index (χ0n) is 10.9. The van der Waals surface area contributed by atoms with Gasteiger partial charge in [0.1, 0.15) is 17.9 Å². The van der Waals surface area contributed by atoms with Crippen LogP contribution in [0.15, 0.2) is 48.5 Å². The predicted molar refractivity (Wildman–Crippen MR) is 77.4 cm³/mol. The van der Waals surface area contributed by atoms with Gasteiger partial charge in [-0.15, -0.1) is 11.5 Å². The van der Waals surface area contributed by atoms with Crippen LogP contribution in [0, 0.1) is 12.3 Å². The third-order valence-electron chi connectivity index (χ3n) is 3.02. The second-order valence-electron chi connectivity index (χ2n) is 4.34. The molecule has 0 spiro atoms. The Hall–Kier alpha value is -2.80. The molecule has 0 aliphatic carbocycles. The van der Waals surface area contributed by atoms with Crippen molar-refractivity contribution in [1.82, 2.24) is 15.0 Å². The summed E-state index contributed by atoms with van der Waals surface area (Å²) in [5.74, 6) is 3.26. The van der Waals surface area contributed by atoms with Gasteiger partial charge in [-0.2, -0.15) is 0 Å². The van der Waals surface area contributed by atoms with E-state index in [9.17, 15) is 0 Å². The first-order chi connectivity index (χ1) is 9.88. The molecule has 4 nitrogen and oxygen atoms in total. The summed E-state index contributed by atoms with van der Waals surface area (Å²) in [7, 11) is 0. The van der Waals surface area contributed by atoms with Crippen molar-refractivity contribution in [3.05, 3.63) is 54.1 Å². The molecule has 0 atom stereocenters. The molecule has 3 rings (SSSR count). The second-order valence-corrected chi connectivity index (χ2v) is 4.34. The zero-order chi connectivity index (χ0) is 13.8.